The lowest BCUT2D eigenvalue weighted by Gasteiger charge is -2.14. The fourth-order valence-electron chi connectivity index (χ4n) is 0.339. The lowest BCUT2D eigenvalue weighted by molar-refractivity contribution is 0.591. The van der Waals surface area contributed by atoms with Crippen LogP contribution in [0.4, 0.5) is 0 Å². The molecule has 0 aliphatic carbocycles. The van der Waals surface area contributed by atoms with Crippen LogP contribution in [0.1, 0.15) is 27.7 Å². The van der Waals surface area contributed by atoms with E-state index in [-0.39, 0.29) is 0 Å². The molecule has 0 saturated carbocycles. The lowest BCUT2D eigenvalue weighted by Crippen LogP contribution is -2.16. The topological polar surface area (TPSA) is 23.1 Å². The van der Waals surface area contributed by atoms with Crippen molar-refractivity contribution < 1.29 is 4.55 Å². The van der Waals surface area contributed by atoms with E-state index in [1.54, 1.807) is 11.8 Å². The van der Waals surface area contributed by atoms with Crippen LogP contribution < -0.4 is 0 Å². The summed E-state index contributed by atoms with van der Waals surface area (Å²) >= 11 is 1.14. The Morgan fingerprint density at radius 3 is 2.10 bits per heavy atom. The first-order valence-electron chi connectivity index (χ1n) is 3.52. The molecule has 1 nitrogen and oxygen atoms in total. The zero-order valence-corrected chi connectivity index (χ0v) is 8.72. The van der Waals surface area contributed by atoms with Crippen LogP contribution in [-0.4, -0.2) is 20.1 Å². The summed E-state index contributed by atoms with van der Waals surface area (Å²) in [7, 11) is 0. The summed E-state index contributed by atoms with van der Waals surface area (Å²) in [5.74, 6) is 0. The molecule has 0 spiro atoms. The summed E-state index contributed by atoms with van der Waals surface area (Å²) < 4.78 is 11.1. The number of rotatable bonds is 4. The highest BCUT2D eigenvalue weighted by Gasteiger charge is 2.11. The third-order valence-corrected chi connectivity index (χ3v) is 4.24. The second-order valence-electron chi connectivity index (χ2n) is 2.76. The zero-order valence-electron chi connectivity index (χ0n) is 7.09. The highest BCUT2D eigenvalue weighted by atomic mass is 32.3. The normalized spacial score (nSPS) is 14.7. The molecule has 1 atom stereocenters. The van der Waals surface area contributed by atoms with Gasteiger partial charge in [-0.15, -0.1) is 11.8 Å². The highest BCUT2D eigenvalue weighted by molar-refractivity contribution is 8.12. The number of thioether (sulfide) groups is 1. The van der Waals surface area contributed by atoms with Gasteiger partial charge in [-0.25, -0.2) is 0 Å². The number of hydrogen-bond acceptors (Lipinski definition) is 2. The first kappa shape index (κ1) is 10.7. The molecule has 0 amide bonds. The SMILES string of the molecule is CC(C)SC[S+]([O-])C(C)C. The minimum absolute atomic E-state index is 0.311. The van der Waals surface area contributed by atoms with Crippen molar-refractivity contribution in [3.63, 3.8) is 0 Å². The van der Waals surface area contributed by atoms with Crippen LogP contribution in [0.15, 0.2) is 0 Å². The van der Waals surface area contributed by atoms with Crippen LogP contribution >= 0.6 is 11.8 Å². The van der Waals surface area contributed by atoms with Gasteiger partial charge in [0.05, 0.1) is 0 Å². The predicted molar refractivity (Wildman–Crippen MR) is 50.9 cm³/mol. The molecule has 3 heteroatoms. The maximum Gasteiger partial charge on any atom is 0.151 e. The van der Waals surface area contributed by atoms with Gasteiger partial charge in [0.2, 0.25) is 0 Å². The summed E-state index contributed by atoms with van der Waals surface area (Å²) in [4.78, 5) is 0. The average molecular weight is 180 g/mol. The lowest BCUT2D eigenvalue weighted by atomic mass is 10.6. The molecule has 0 aliphatic rings. The Bertz CT molecular complexity index is 83.7. The van der Waals surface area contributed by atoms with Gasteiger partial charge < -0.3 is 4.55 Å². The maximum atomic E-state index is 11.1. The predicted octanol–water partition coefficient (Wildman–Crippen LogP) is 2.24. The standard InChI is InChI=1S/C7H16OS2/c1-6(2)9-5-10(8)7(3)4/h6-7H,5H2,1-4H3. The van der Waals surface area contributed by atoms with E-state index in [9.17, 15) is 4.55 Å². The number of hydrogen-bond donors (Lipinski definition) is 0. The highest BCUT2D eigenvalue weighted by Crippen LogP contribution is 2.15. The van der Waals surface area contributed by atoms with Crippen LogP contribution in [0.5, 0.6) is 0 Å². The van der Waals surface area contributed by atoms with Gasteiger partial charge in [-0.1, -0.05) is 13.8 Å². The molecule has 0 aromatic carbocycles. The molecule has 0 aliphatic heterocycles. The van der Waals surface area contributed by atoms with Crippen molar-refractivity contribution in [1.82, 2.24) is 0 Å². The summed E-state index contributed by atoms with van der Waals surface area (Å²) in [6.45, 7) is 8.25. The minimum Gasteiger partial charge on any atom is -0.615 e. The molecule has 0 N–H and O–H groups in total. The Hall–Kier alpha value is 0.660. The molecule has 0 aromatic heterocycles. The van der Waals surface area contributed by atoms with Crippen LogP contribution in [0.2, 0.25) is 0 Å². The maximum absolute atomic E-state index is 11.1. The van der Waals surface area contributed by atoms with Gasteiger partial charge >= 0.3 is 0 Å². The molecule has 10 heavy (non-hydrogen) atoms. The van der Waals surface area contributed by atoms with E-state index in [1.165, 1.54) is 0 Å². The Balaban J connectivity index is 3.30. The fourth-order valence-corrected chi connectivity index (χ4v) is 3.05. The molecule has 0 heterocycles. The van der Waals surface area contributed by atoms with Crippen molar-refractivity contribution in [2.24, 2.45) is 0 Å². The van der Waals surface area contributed by atoms with Crippen LogP contribution in [0.25, 0.3) is 0 Å². The molecule has 0 bridgehead atoms. The third kappa shape index (κ3) is 5.45. The molecule has 0 aromatic rings. The molecule has 0 saturated heterocycles. The van der Waals surface area contributed by atoms with Gasteiger partial charge in [0, 0.05) is 5.25 Å². The Morgan fingerprint density at radius 2 is 1.80 bits per heavy atom. The van der Waals surface area contributed by atoms with Crippen LogP contribution in [-0.2, 0) is 11.2 Å². The molecule has 0 fully saturated rings. The Morgan fingerprint density at radius 1 is 1.30 bits per heavy atom. The van der Waals surface area contributed by atoms with Crippen LogP contribution in [0.3, 0.4) is 0 Å². The van der Waals surface area contributed by atoms with E-state index in [4.69, 9.17) is 0 Å². The van der Waals surface area contributed by atoms with Gasteiger partial charge in [-0.2, -0.15) is 0 Å². The van der Waals surface area contributed by atoms with Crippen molar-refractivity contribution in [2.45, 2.75) is 38.2 Å². The van der Waals surface area contributed by atoms with E-state index < -0.39 is 11.2 Å². The quantitative estimate of drug-likeness (QED) is 0.619. The second-order valence-corrected chi connectivity index (χ2v) is 6.69. The van der Waals surface area contributed by atoms with E-state index in [0.29, 0.717) is 10.5 Å². The second kappa shape index (κ2) is 5.33. The van der Waals surface area contributed by atoms with Crippen molar-refractivity contribution in [3.8, 4) is 0 Å². The van der Waals surface area contributed by atoms with Crippen molar-refractivity contribution in [2.75, 3.05) is 5.08 Å². The van der Waals surface area contributed by atoms with E-state index in [1.807, 2.05) is 13.8 Å². The first-order chi connectivity index (χ1) is 4.54. The van der Waals surface area contributed by atoms with Gasteiger partial charge in [-0.3, -0.25) is 0 Å². The first-order valence-corrected chi connectivity index (χ1v) is 5.96. The van der Waals surface area contributed by atoms with Gasteiger partial charge in [-0.05, 0) is 25.0 Å². The third-order valence-electron chi connectivity index (χ3n) is 1.04. The Kier molecular flexibility index (Phi) is 5.68. The summed E-state index contributed by atoms with van der Waals surface area (Å²) in [5.41, 5.74) is 0. The fraction of sp³-hybridized carbons (Fsp3) is 1.00. The molecular weight excluding hydrogens is 164 g/mol. The Labute approximate surface area is 71.1 Å². The average Bonchev–Trinajstić information content (AvgIpc) is 1.82. The van der Waals surface area contributed by atoms with Gasteiger partial charge in [0.25, 0.3) is 0 Å². The van der Waals surface area contributed by atoms with Gasteiger partial charge in [0.15, 0.2) is 5.08 Å². The van der Waals surface area contributed by atoms with Gasteiger partial charge in [0.1, 0.15) is 5.25 Å². The van der Waals surface area contributed by atoms with Crippen molar-refractivity contribution in [1.29, 1.82) is 0 Å². The van der Waals surface area contributed by atoms with Crippen molar-refractivity contribution >= 4 is 22.9 Å². The molecule has 62 valence electrons. The molecule has 0 radical (unpaired) electrons. The molecular formula is C7H16OS2. The smallest absolute Gasteiger partial charge is 0.151 e. The monoisotopic (exact) mass is 180 g/mol. The van der Waals surface area contributed by atoms with E-state index in [2.05, 4.69) is 13.8 Å². The largest absolute Gasteiger partial charge is 0.615 e. The molecule has 1 unspecified atom stereocenters. The molecule has 0 rings (SSSR count). The van der Waals surface area contributed by atoms with Crippen molar-refractivity contribution in [3.05, 3.63) is 0 Å². The summed E-state index contributed by atoms with van der Waals surface area (Å²) in [6, 6.07) is 0. The zero-order chi connectivity index (χ0) is 8.15. The summed E-state index contributed by atoms with van der Waals surface area (Å²) in [6.07, 6.45) is 0. The minimum atomic E-state index is -0.629. The van der Waals surface area contributed by atoms with E-state index >= 15 is 0 Å². The van der Waals surface area contributed by atoms with E-state index in [0.717, 1.165) is 5.08 Å². The van der Waals surface area contributed by atoms with Crippen LogP contribution in [0, 0.1) is 0 Å². The summed E-state index contributed by atoms with van der Waals surface area (Å²) in [5, 5.41) is 1.70.